The second-order valence-corrected chi connectivity index (χ2v) is 5.05. The van der Waals surface area contributed by atoms with Crippen LogP contribution in [0.1, 0.15) is 28.5 Å². The Hall–Kier alpha value is -1.58. The van der Waals surface area contributed by atoms with E-state index in [0.29, 0.717) is 22.2 Å². The molecule has 5 heteroatoms. The minimum absolute atomic E-state index is 0.167. The summed E-state index contributed by atoms with van der Waals surface area (Å²) in [5.41, 5.74) is 2.00. The summed E-state index contributed by atoms with van der Waals surface area (Å²) in [5.74, 6) is -0.427. The van der Waals surface area contributed by atoms with Crippen molar-refractivity contribution in [3.8, 4) is 0 Å². The summed E-state index contributed by atoms with van der Waals surface area (Å²) >= 11 is 11.7. The summed E-state index contributed by atoms with van der Waals surface area (Å²) in [4.78, 5) is 16.1. The van der Waals surface area contributed by atoms with Gasteiger partial charge in [0.2, 0.25) is 0 Å². The van der Waals surface area contributed by atoms with Crippen LogP contribution in [0.3, 0.4) is 0 Å². The van der Waals surface area contributed by atoms with Gasteiger partial charge in [-0.3, -0.25) is 0 Å². The molecule has 1 aromatic carbocycles. The summed E-state index contributed by atoms with van der Waals surface area (Å²) in [6.07, 6.45) is 0.704. The van der Waals surface area contributed by atoms with E-state index in [2.05, 4.69) is 4.98 Å². The zero-order valence-corrected chi connectivity index (χ0v) is 12.4. The first kappa shape index (κ1) is 14.8. The van der Waals surface area contributed by atoms with Gasteiger partial charge in [0, 0.05) is 10.7 Å². The monoisotopic (exact) mass is 309 g/mol. The van der Waals surface area contributed by atoms with Gasteiger partial charge in [-0.05, 0) is 36.2 Å². The van der Waals surface area contributed by atoms with Crippen LogP contribution in [0.15, 0.2) is 36.4 Å². The SMILES string of the molecule is CCc1cc(C(=O)OCc2cccc(Cl)c2)cc(Cl)n1. The minimum Gasteiger partial charge on any atom is -0.457 e. The Labute approximate surface area is 127 Å². The highest BCUT2D eigenvalue weighted by Crippen LogP contribution is 2.15. The second kappa shape index (κ2) is 6.73. The molecule has 0 aliphatic heterocycles. The van der Waals surface area contributed by atoms with E-state index in [-0.39, 0.29) is 6.61 Å². The molecule has 0 fully saturated rings. The molecule has 0 aliphatic rings. The predicted octanol–water partition coefficient (Wildman–Crippen LogP) is 4.31. The van der Waals surface area contributed by atoms with E-state index in [9.17, 15) is 4.79 Å². The van der Waals surface area contributed by atoms with Crippen LogP contribution in [0.5, 0.6) is 0 Å². The molecule has 0 unspecified atom stereocenters. The van der Waals surface area contributed by atoms with Gasteiger partial charge in [-0.15, -0.1) is 0 Å². The lowest BCUT2D eigenvalue weighted by Gasteiger charge is -2.07. The van der Waals surface area contributed by atoms with Crippen molar-refractivity contribution in [1.82, 2.24) is 4.98 Å². The molecule has 20 heavy (non-hydrogen) atoms. The fourth-order valence-corrected chi connectivity index (χ4v) is 2.15. The number of aryl methyl sites for hydroxylation is 1. The van der Waals surface area contributed by atoms with Crippen LogP contribution in [-0.4, -0.2) is 11.0 Å². The molecule has 0 radical (unpaired) electrons. The molecule has 2 aromatic rings. The van der Waals surface area contributed by atoms with E-state index < -0.39 is 5.97 Å². The predicted molar refractivity (Wildman–Crippen MR) is 79.2 cm³/mol. The summed E-state index contributed by atoms with van der Waals surface area (Å²) < 4.78 is 5.24. The molecular weight excluding hydrogens is 297 g/mol. The van der Waals surface area contributed by atoms with E-state index in [1.807, 2.05) is 19.1 Å². The number of hydrogen-bond acceptors (Lipinski definition) is 3. The van der Waals surface area contributed by atoms with Gasteiger partial charge < -0.3 is 4.74 Å². The third-order valence-corrected chi connectivity index (χ3v) is 3.13. The van der Waals surface area contributed by atoms with Gasteiger partial charge in [-0.25, -0.2) is 9.78 Å². The summed E-state index contributed by atoms with van der Waals surface area (Å²) in [6, 6.07) is 10.4. The Bertz CT molecular complexity index is 629. The number of rotatable bonds is 4. The van der Waals surface area contributed by atoms with E-state index >= 15 is 0 Å². The highest BCUT2D eigenvalue weighted by Gasteiger charge is 2.10. The third-order valence-electron chi connectivity index (χ3n) is 2.70. The highest BCUT2D eigenvalue weighted by atomic mass is 35.5. The molecule has 0 atom stereocenters. The smallest absolute Gasteiger partial charge is 0.338 e. The number of hydrogen-bond donors (Lipinski definition) is 0. The minimum atomic E-state index is -0.427. The number of aromatic nitrogens is 1. The quantitative estimate of drug-likeness (QED) is 0.624. The van der Waals surface area contributed by atoms with Gasteiger partial charge in [0.15, 0.2) is 0 Å². The number of ether oxygens (including phenoxy) is 1. The van der Waals surface area contributed by atoms with Gasteiger partial charge in [0.1, 0.15) is 11.8 Å². The van der Waals surface area contributed by atoms with Gasteiger partial charge in [0.05, 0.1) is 5.56 Å². The van der Waals surface area contributed by atoms with Crippen molar-refractivity contribution in [1.29, 1.82) is 0 Å². The average molecular weight is 310 g/mol. The van der Waals surface area contributed by atoms with Crippen LogP contribution in [0, 0.1) is 0 Å². The van der Waals surface area contributed by atoms with Crippen molar-refractivity contribution in [2.24, 2.45) is 0 Å². The van der Waals surface area contributed by atoms with Crippen molar-refractivity contribution < 1.29 is 9.53 Å². The maximum absolute atomic E-state index is 12.0. The average Bonchev–Trinajstić information content (AvgIpc) is 2.44. The zero-order chi connectivity index (χ0) is 14.5. The van der Waals surface area contributed by atoms with Crippen LogP contribution in [-0.2, 0) is 17.8 Å². The number of pyridine rings is 1. The van der Waals surface area contributed by atoms with Crippen LogP contribution in [0.2, 0.25) is 10.2 Å². The maximum Gasteiger partial charge on any atom is 0.338 e. The van der Waals surface area contributed by atoms with Gasteiger partial charge in [0.25, 0.3) is 0 Å². The Morgan fingerprint density at radius 1 is 1.25 bits per heavy atom. The molecule has 1 aromatic heterocycles. The zero-order valence-electron chi connectivity index (χ0n) is 10.9. The molecule has 0 spiro atoms. The molecule has 2 rings (SSSR count). The highest BCUT2D eigenvalue weighted by molar-refractivity contribution is 6.30. The Morgan fingerprint density at radius 2 is 2.05 bits per heavy atom. The lowest BCUT2D eigenvalue weighted by atomic mass is 10.2. The Morgan fingerprint density at radius 3 is 2.75 bits per heavy atom. The van der Waals surface area contributed by atoms with Gasteiger partial charge in [-0.1, -0.05) is 42.3 Å². The molecule has 1 heterocycles. The molecule has 0 N–H and O–H groups in total. The topological polar surface area (TPSA) is 39.2 Å². The Kier molecular flexibility index (Phi) is 4.99. The normalized spacial score (nSPS) is 10.3. The van der Waals surface area contributed by atoms with Crippen molar-refractivity contribution in [2.75, 3.05) is 0 Å². The van der Waals surface area contributed by atoms with Crippen molar-refractivity contribution in [2.45, 2.75) is 20.0 Å². The molecule has 104 valence electrons. The number of nitrogens with zero attached hydrogens (tertiary/aromatic N) is 1. The first-order chi connectivity index (χ1) is 9.58. The maximum atomic E-state index is 12.0. The van der Waals surface area contributed by atoms with Crippen LogP contribution >= 0.6 is 23.2 Å². The second-order valence-electron chi connectivity index (χ2n) is 4.23. The molecule has 0 bridgehead atoms. The van der Waals surface area contributed by atoms with Gasteiger partial charge in [-0.2, -0.15) is 0 Å². The van der Waals surface area contributed by atoms with Crippen molar-refractivity contribution >= 4 is 29.2 Å². The summed E-state index contributed by atoms with van der Waals surface area (Å²) in [6.45, 7) is 2.11. The van der Waals surface area contributed by atoms with Crippen molar-refractivity contribution in [3.05, 3.63) is 63.4 Å². The van der Waals surface area contributed by atoms with E-state index in [0.717, 1.165) is 11.3 Å². The van der Waals surface area contributed by atoms with Gasteiger partial charge >= 0.3 is 5.97 Å². The first-order valence-corrected chi connectivity index (χ1v) is 6.92. The number of benzene rings is 1. The fourth-order valence-electron chi connectivity index (χ4n) is 1.71. The van der Waals surface area contributed by atoms with Crippen LogP contribution < -0.4 is 0 Å². The number of halogens is 2. The summed E-state index contributed by atoms with van der Waals surface area (Å²) in [7, 11) is 0. The molecule has 0 aliphatic carbocycles. The largest absolute Gasteiger partial charge is 0.457 e. The Balaban J connectivity index is 2.07. The van der Waals surface area contributed by atoms with Crippen LogP contribution in [0.4, 0.5) is 0 Å². The number of carbonyl (C=O) groups excluding carboxylic acids is 1. The summed E-state index contributed by atoms with van der Waals surface area (Å²) in [5, 5.41) is 0.901. The van der Waals surface area contributed by atoms with E-state index in [4.69, 9.17) is 27.9 Å². The standard InChI is InChI=1S/C15H13Cl2NO2/c1-2-13-7-11(8-14(17)18-13)15(19)20-9-10-4-3-5-12(16)6-10/h3-8H,2,9H2,1H3. The van der Waals surface area contributed by atoms with Crippen LogP contribution in [0.25, 0.3) is 0 Å². The van der Waals surface area contributed by atoms with E-state index in [1.165, 1.54) is 6.07 Å². The van der Waals surface area contributed by atoms with Crippen molar-refractivity contribution in [3.63, 3.8) is 0 Å². The first-order valence-electron chi connectivity index (χ1n) is 6.16. The number of carbonyl (C=O) groups is 1. The lowest BCUT2D eigenvalue weighted by molar-refractivity contribution is 0.0472. The molecule has 0 amide bonds. The molecule has 0 saturated carbocycles. The molecule has 3 nitrogen and oxygen atoms in total. The van der Waals surface area contributed by atoms with E-state index in [1.54, 1.807) is 18.2 Å². The number of esters is 1. The molecule has 0 saturated heterocycles. The third kappa shape index (κ3) is 3.95. The lowest BCUT2D eigenvalue weighted by Crippen LogP contribution is -2.06. The molecular formula is C15H13Cl2NO2. The fraction of sp³-hybridized carbons (Fsp3) is 0.200.